The lowest BCUT2D eigenvalue weighted by Crippen LogP contribution is -2.32. The first-order valence-corrected chi connectivity index (χ1v) is 6.32. The molecule has 0 bridgehead atoms. The van der Waals surface area contributed by atoms with Crippen LogP contribution in [0.15, 0.2) is 12.4 Å². The Morgan fingerprint density at radius 3 is 2.83 bits per heavy atom. The fraction of sp³-hybridized carbons (Fsp3) is 0.583. The van der Waals surface area contributed by atoms with Crippen molar-refractivity contribution < 1.29 is 9.59 Å². The van der Waals surface area contributed by atoms with Gasteiger partial charge >= 0.3 is 0 Å². The minimum Gasteiger partial charge on any atom is -0.342 e. The van der Waals surface area contributed by atoms with Crippen LogP contribution in [0.2, 0.25) is 0 Å². The van der Waals surface area contributed by atoms with E-state index in [1.165, 1.54) is 0 Å². The zero-order chi connectivity index (χ0) is 12.5. The van der Waals surface area contributed by atoms with Crippen LogP contribution in [0.25, 0.3) is 0 Å². The van der Waals surface area contributed by atoms with Crippen LogP contribution in [0.4, 0.5) is 5.69 Å². The summed E-state index contributed by atoms with van der Waals surface area (Å²) in [5.74, 6) is 0.347. The van der Waals surface area contributed by atoms with E-state index in [-0.39, 0.29) is 23.7 Å². The number of amides is 2. The fourth-order valence-electron chi connectivity index (χ4n) is 2.33. The number of H-pyrrole nitrogens is 1. The molecule has 2 heterocycles. The minimum absolute atomic E-state index is 0.0255. The molecule has 1 atom stereocenters. The van der Waals surface area contributed by atoms with Crippen LogP contribution >= 0.6 is 0 Å². The van der Waals surface area contributed by atoms with Crippen LogP contribution in [0.5, 0.6) is 0 Å². The Kier molecular flexibility index (Phi) is 2.77. The number of rotatable bonds is 3. The van der Waals surface area contributed by atoms with E-state index in [1.54, 1.807) is 12.4 Å². The molecule has 3 rings (SSSR count). The molecule has 6 heteroatoms. The molecule has 6 nitrogen and oxygen atoms in total. The van der Waals surface area contributed by atoms with Crippen LogP contribution in [0.1, 0.15) is 19.3 Å². The molecule has 2 N–H and O–H groups in total. The van der Waals surface area contributed by atoms with Gasteiger partial charge in [-0.3, -0.25) is 14.7 Å². The molecule has 1 aromatic rings. The minimum atomic E-state index is -0.0948. The van der Waals surface area contributed by atoms with Gasteiger partial charge in [0.25, 0.3) is 0 Å². The van der Waals surface area contributed by atoms with Crippen molar-refractivity contribution in [2.24, 2.45) is 11.8 Å². The van der Waals surface area contributed by atoms with E-state index in [9.17, 15) is 9.59 Å². The third-order valence-corrected chi connectivity index (χ3v) is 3.56. The summed E-state index contributed by atoms with van der Waals surface area (Å²) in [6, 6.07) is 0. The quantitative estimate of drug-likeness (QED) is 0.822. The van der Waals surface area contributed by atoms with Crippen LogP contribution < -0.4 is 5.32 Å². The lowest BCUT2D eigenvalue weighted by molar-refractivity contribution is -0.131. The second-order valence-electron chi connectivity index (χ2n) is 5.02. The van der Waals surface area contributed by atoms with Gasteiger partial charge in [-0.15, -0.1) is 0 Å². The normalized spacial score (nSPS) is 23.1. The van der Waals surface area contributed by atoms with Crippen molar-refractivity contribution in [3.05, 3.63) is 12.4 Å². The Morgan fingerprint density at radius 1 is 1.33 bits per heavy atom. The highest BCUT2D eigenvalue weighted by Gasteiger charge is 2.38. The van der Waals surface area contributed by atoms with Crippen molar-refractivity contribution in [1.29, 1.82) is 0 Å². The number of likely N-dealkylation sites (tertiary alicyclic amines) is 1. The fourth-order valence-corrected chi connectivity index (χ4v) is 2.33. The van der Waals surface area contributed by atoms with Crippen LogP contribution in [0.3, 0.4) is 0 Å². The smallest absolute Gasteiger partial charge is 0.229 e. The van der Waals surface area contributed by atoms with Gasteiger partial charge in [0.1, 0.15) is 0 Å². The number of carbonyl (C=O) groups excluding carboxylic acids is 2. The molecule has 1 saturated carbocycles. The van der Waals surface area contributed by atoms with Gasteiger partial charge in [-0.1, -0.05) is 0 Å². The van der Waals surface area contributed by atoms with Crippen LogP contribution in [0, 0.1) is 11.8 Å². The Labute approximate surface area is 105 Å². The van der Waals surface area contributed by atoms with E-state index in [2.05, 4.69) is 15.5 Å². The molecule has 1 aliphatic carbocycles. The van der Waals surface area contributed by atoms with Gasteiger partial charge in [0.15, 0.2) is 0 Å². The predicted molar refractivity (Wildman–Crippen MR) is 64.6 cm³/mol. The lowest BCUT2D eigenvalue weighted by Gasteiger charge is -2.15. The first kappa shape index (κ1) is 11.3. The molecule has 1 unspecified atom stereocenters. The Bertz CT molecular complexity index is 453. The molecule has 1 aliphatic heterocycles. The van der Waals surface area contributed by atoms with Crippen LogP contribution in [-0.4, -0.2) is 40.0 Å². The highest BCUT2D eigenvalue weighted by molar-refractivity contribution is 5.93. The van der Waals surface area contributed by atoms with Crippen LogP contribution in [-0.2, 0) is 9.59 Å². The second-order valence-corrected chi connectivity index (χ2v) is 5.02. The molecule has 0 radical (unpaired) electrons. The summed E-state index contributed by atoms with van der Waals surface area (Å²) in [6.45, 7) is 1.26. The molecule has 96 valence electrons. The molecule has 0 spiro atoms. The summed E-state index contributed by atoms with van der Waals surface area (Å²) in [7, 11) is 0. The van der Waals surface area contributed by atoms with Gasteiger partial charge in [0.2, 0.25) is 11.8 Å². The molecule has 1 saturated heterocycles. The maximum absolute atomic E-state index is 12.0. The highest BCUT2D eigenvalue weighted by atomic mass is 16.2. The van der Waals surface area contributed by atoms with E-state index in [0.717, 1.165) is 19.3 Å². The van der Waals surface area contributed by atoms with Crippen molar-refractivity contribution >= 4 is 17.5 Å². The summed E-state index contributed by atoms with van der Waals surface area (Å²) in [5.41, 5.74) is 0.673. The molecule has 2 aliphatic rings. The van der Waals surface area contributed by atoms with E-state index < -0.39 is 0 Å². The van der Waals surface area contributed by atoms with Crippen molar-refractivity contribution in [3.8, 4) is 0 Å². The molecular formula is C12H16N4O2. The standard InChI is InChI=1S/C12H16N4O2/c17-11(15-10-5-13-14-6-10)9-3-4-16(7-9)12(18)8-1-2-8/h5-6,8-9H,1-4,7H2,(H,13,14)(H,15,17). The molecule has 0 aromatic carbocycles. The Hall–Kier alpha value is -1.85. The van der Waals surface area contributed by atoms with Crippen molar-refractivity contribution in [2.75, 3.05) is 18.4 Å². The average molecular weight is 248 g/mol. The molecular weight excluding hydrogens is 232 g/mol. The summed E-state index contributed by atoms with van der Waals surface area (Å²) in [4.78, 5) is 25.7. The van der Waals surface area contributed by atoms with Gasteiger partial charge < -0.3 is 10.2 Å². The summed E-state index contributed by atoms with van der Waals surface area (Å²) in [5, 5.41) is 9.22. The zero-order valence-electron chi connectivity index (χ0n) is 10.1. The van der Waals surface area contributed by atoms with E-state index in [4.69, 9.17) is 0 Å². The van der Waals surface area contributed by atoms with Crippen molar-refractivity contribution in [1.82, 2.24) is 15.1 Å². The van der Waals surface area contributed by atoms with Gasteiger partial charge in [0, 0.05) is 25.2 Å². The summed E-state index contributed by atoms with van der Waals surface area (Å²) < 4.78 is 0. The second kappa shape index (κ2) is 4.44. The molecule has 18 heavy (non-hydrogen) atoms. The van der Waals surface area contributed by atoms with Gasteiger partial charge in [-0.25, -0.2) is 0 Å². The SMILES string of the molecule is O=C(Nc1cn[nH]c1)C1CCN(C(=O)C2CC2)C1. The number of nitrogens with one attached hydrogen (secondary N) is 2. The summed E-state index contributed by atoms with van der Waals surface area (Å²) >= 11 is 0. The number of aromatic nitrogens is 2. The number of hydrogen-bond acceptors (Lipinski definition) is 3. The lowest BCUT2D eigenvalue weighted by atomic mass is 10.1. The van der Waals surface area contributed by atoms with E-state index in [0.29, 0.717) is 18.8 Å². The van der Waals surface area contributed by atoms with Crippen molar-refractivity contribution in [2.45, 2.75) is 19.3 Å². The first-order valence-electron chi connectivity index (χ1n) is 6.32. The van der Waals surface area contributed by atoms with E-state index >= 15 is 0 Å². The van der Waals surface area contributed by atoms with Gasteiger partial charge in [-0.05, 0) is 19.3 Å². The maximum Gasteiger partial charge on any atom is 0.229 e. The largest absolute Gasteiger partial charge is 0.342 e. The molecule has 2 fully saturated rings. The molecule has 1 aromatic heterocycles. The first-order chi connectivity index (χ1) is 8.74. The number of aromatic amines is 1. The Balaban J connectivity index is 1.54. The zero-order valence-corrected chi connectivity index (χ0v) is 10.1. The third-order valence-electron chi connectivity index (χ3n) is 3.56. The molecule has 2 amide bonds. The maximum atomic E-state index is 12.0. The number of anilines is 1. The average Bonchev–Trinajstić information content (AvgIpc) is 2.89. The number of carbonyl (C=O) groups is 2. The summed E-state index contributed by atoms with van der Waals surface area (Å²) in [6.07, 6.45) is 5.99. The third kappa shape index (κ3) is 2.23. The highest BCUT2D eigenvalue weighted by Crippen LogP contribution is 2.33. The van der Waals surface area contributed by atoms with Gasteiger partial charge in [-0.2, -0.15) is 5.10 Å². The van der Waals surface area contributed by atoms with E-state index in [1.807, 2.05) is 4.90 Å². The number of nitrogens with zero attached hydrogens (tertiary/aromatic N) is 2. The number of hydrogen-bond donors (Lipinski definition) is 2. The Morgan fingerprint density at radius 2 is 2.17 bits per heavy atom. The predicted octanol–water partition coefficient (Wildman–Crippen LogP) is 0.607. The van der Waals surface area contributed by atoms with Gasteiger partial charge in [0.05, 0.1) is 17.8 Å². The monoisotopic (exact) mass is 248 g/mol. The topological polar surface area (TPSA) is 78.1 Å². The van der Waals surface area contributed by atoms with Crippen molar-refractivity contribution in [3.63, 3.8) is 0 Å².